The minimum absolute atomic E-state index is 0.0825. The number of anilines is 1. The van der Waals surface area contributed by atoms with Crippen molar-refractivity contribution in [3.05, 3.63) is 35.7 Å². The summed E-state index contributed by atoms with van der Waals surface area (Å²) in [6.07, 6.45) is 1.37. The van der Waals surface area contributed by atoms with E-state index in [1.54, 1.807) is 25.1 Å². The largest absolute Gasteiger partial charge is 0.465 e. The molecule has 0 aliphatic heterocycles. The Bertz CT molecular complexity index is 1030. The summed E-state index contributed by atoms with van der Waals surface area (Å²) in [6, 6.07) is 4.98. The maximum atomic E-state index is 12.2. The first-order valence-electron chi connectivity index (χ1n) is 8.13. The first-order valence-corrected chi connectivity index (χ1v) is 9.94. The zero-order chi connectivity index (χ0) is 20.1. The van der Waals surface area contributed by atoms with Gasteiger partial charge in [-0.25, -0.2) is 19.6 Å². The predicted molar refractivity (Wildman–Crippen MR) is 105 cm³/mol. The molecule has 0 aliphatic carbocycles. The molecule has 0 bridgehead atoms. The van der Waals surface area contributed by atoms with Crippen molar-refractivity contribution in [2.45, 2.75) is 12.1 Å². The lowest BCUT2D eigenvalue weighted by Gasteiger charge is -2.00. The second-order valence-electron chi connectivity index (χ2n) is 5.35. The molecule has 0 spiro atoms. The van der Waals surface area contributed by atoms with Crippen LogP contribution in [0.15, 0.2) is 29.6 Å². The van der Waals surface area contributed by atoms with Crippen LogP contribution < -0.4 is 5.32 Å². The van der Waals surface area contributed by atoms with Crippen molar-refractivity contribution in [2.75, 3.05) is 24.8 Å². The second-order valence-corrected chi connectivity index (χ2v) is 7.35. The van der Waals surface area contributed by atoms with Crippen LogP contribution in [-0.4, -0.2) is 52.3 Å². The number of amides is 1. The zero-order valence-electron chi connectivity index (χ0n) is 15.0. The number of carbonyl (C=O) groups excluding carboxylic acids is 3. The summed E-state index contributed by atoms with van der Waals surface area (Å²) >= 11 is 2.41. The van der Waals surface area contributed by atoms with Crippen molar-refractivity contribution < 1.29 is 23.9 Å². The monoisotopic (exact) mass is 420 g/mol. The number of esters is 2. The van der Waals surface area contributed by atoms with Crippen molar-refractivity contribution in [3.63, 3.8) is 0 Å². The van der Waals surface area contributed by atoms with Gasteiger partial charge in [-0.15, -0.1) is 0 Å². The third kappa shape index (κ3) is 4.67. The van der Waals surface area contributed by atoms with Gasteiger partial charge in [-0.05, 0) is 25.1 Å². The van der Waals surface area contributed by atoms with Gasteiger partial charge in [-0.1, -0.05) is 23.1 Å². The maximum Gasteiger partial charge on any atom is 0.356 e. The van der Waals surface area contributed by atoms with Crippen LogP contribution in [0.5, 0.6) is 0 Å². The maximum absolute atomic E-state index is 12.2. The van der Waals surface area contributed by atoms with Gasteiger partial charge in [-0.2, -0.15) is 0 Å². The highest BCUT2D eigenvalue weighted by atomic mass is 32.2. The fourth-order valence-corrected chi connectivity index (χ4v) is 3.77. The minimum Gasteiger partial charge on any atom is -0.465 e. The van der Waals surface area contributed by atoms with Crippen LogP contribution in [0.2, 0.25) is 0 Å². The van der Waals surface area contributed by atoms with Crippen molar-refractivity contribution >= 4 is 56.3 Å². The Kier molecular flexibility index (Phi) is 6.26. The molecule has 9 nitrogen and oxygen atoms in total. The highest BCUT2D eigenvalue weighted by molar-refractivity contribution is 7.99. The molecule has 1 aromatic carbocycles. The third-order valence-electron chi connectivity index (χ3n) is 3.44. The molecule has 2 N–H and O–H groups in total. The highest BCUT2D eigenvalue weighted by Gasteiger charge is 2.14. The summed E-state index contributed by atoms with van der Waals surface area (Å²) in [5.74, 6) is -1.12. The van der Waals surface area contributed by atoms with Crippen molar-refractivity contribution in [2.24, 2.45) is 0 Å². The lowest BCUT2D eigenvalue weighted by Crippen LogP contribution is -2.13. The number of methoxy groups -OCH3 is 1. The van der Waals surface area contributed by atoms with E-state index >= 15 is 0 Å². The van der Waals surface area contributed by atoms with E-state index < -0.39 is 11.9 Å². The Morgan fingerprint density at radius 3 is 2.86 bits per heavy atom. The molecule has 0 atom stereocenters. The Hall–Kier alpha value is -2.92. The number of aromatic amines is 1. The predicted octanol–water partition coefficient (Wildman–Crippen LogP) is 2.71. The second kappa shape index (κ2) is 8.85. The van der Waals surface area contributed by atoms with Crippen molar-refractivity contribution in [1.82, 2.24) is 15.0 Å². The summed E-state index contributed by atoms with van der Waals surface area (Å²) in [7, 11) is 1.32. The molecule has 146 valence electrons. The Morgan fingerprint density at radius 2 is 2.11 bits per heavy atom. The normalized spacial score (nSPS) is 10.6. The van der Waals surface area contributed by atoms with Crippen LogP contribution >= 0.6 is 23.1 Å². The molecule has 0 saturated heterocycles. The van der Waals surface area contributed by atoms with E-state index in [1.165, 1.54) is 24.6 Å². The molecule has 28 heavy (non-hydrogen) atoms. The summed E-state index contributed by atoms with van der Waals surface area (Å²) in [5.41, 5.74) is 1.32. The smallest absolute Gasteiger partial charge is 0.356 e. The number of rotatable bonds is 7. The number of fused-ring (bicyclic) bond motifs is 1. The minimum atomic E-state index is -0.493. The number of imidazole rings is 1. The molecule has 3 aromatic rings. The van der Waals surface area contributed by atoms with Crippen LogP contribution in [0.1, 0.15) is 27.8 Å². The van der Waals surface area contributed by atoms with E-state index in [4.69, 9.17) is 9.47 Å². The number of carbonyl (C=O) groups is 3. The number of thioether (sulfide) groups is 1. The fourth-order valence-electron chi connectivity index (χ4n) is 2.20. The summed E-state index contributed by atoms with van der Waals surface area (Å²) in [4.78, 5) is 46.5. The van der Waals surface area contributed by atoms with Crippen LogP contribution in [0.3, 0.4) is 0 Å². The first kappa shape index (κ1) is 19.8. The molecule has 0 aliphatic rings. The molecule has 0 saturated carbocycles. The molecule has 0 fully saturated rings. The summed E-state index contributed by atoms with van der Waals surface area (Å²) in [5, 5.41) is 3.57. The van der Waals surface area contributed by atoms with Crippen molar-refractivity contribution in [3.8, 4) is 0 Å². The molecular weight excluding hydrogens is 404 g/mol. The number of hydrogen-bond acceptors (Lipinski definition) is 9. The zero-order valence-corrected chi connectivity index (χ0v) is 16.6. The highest BCUT2D eigenvalue weighted by Crippen LogP contribution is 2.27. The Balaban J connectivity index is 1.59. The van der Waals surface area contributed by atoms with Gasteiger partial charge in [0.15, 0.2) is 10.3 Å². The standard InChI is InChI=1S/C17H16N4O5S2/c1-3-26-15(24)11-7-18-16(20-11)27-8-13(22)21-17-19-10-5-4-9(14(23)25-2)6-12(10)28-17/h4-7H,3,8H2,1-2H3,(H,18,20)(H,19,21,22). The van der Waals surface area contributed by atoms with Crippen molar-refractivity contribution in [1.29, 1.82) is 0 Å². The van der Waals surface area contributed by atoms with Gasteiger partial charge in [-0.3, -0.25) is 4.79 Å². The number of hydrogen-bond donors (Lipinski definition) is 2. The van der Waals surface area contributed by atoms with Crippen LogP contribution in [-0.2, 0) is 14.3 Å². The van der Waals surface area contributed by atoms with Gasteiger partial charge in [0, 0.05) is 0 Å². The number of nitrogens with zero attached hydrogens (tertiary/aromatic N) is 2. The van der Waals surface area contributed by atoms with E-state index in [9.17, 15) is 14.4 Å². The quantitative estimate of drug-likeness (QED) is 0.442. The number of ether oxygens (including phenoxy) is 2. The first-order chi connectivity index (χ1) is 13.5. The molecule has 3 rings (SSSR count). The average molecular weight is 420 g/mol. The van der Waals surface area contributed by atoms with Gasteiger partial charge in [0.25, 0.3) is 0 Å². The molecular formula is C17H16N4O5S2. The van der Waals surface area contributed by atoms with E-state index in [-0.39, 0.29) is 24.0 Å². The van der Waals surface area contributed by atoms with E-state index in [2.05, 4.69) is 20.3 Å². The Morgan fingerprint density at radius 1 is 1.29 bits per heavy atom. The molecule has 0 unspecified atom stereocenters. The molecule has 0 radical (unpaired) electrons. The molecule has 1 amide bonds. The van der Waals surface area contributed by atoms with E-state index in [0.29, 0.717) is 21.4 Å². The lowest BCUT2D eigenvalue weighted by atomic mass is 10.2. The van der Waals surface area contributed by atoms with Gasteiger partial charge in [0.05, 0.1) is 41.4 Å². The van der Waals surface area contributed by atoms with Gasteiger partial charge in [0.2, 0.25) is 5.91 Å². The fraction of sp³-hybridized carbons (Fsp3) is 0.235. The number of thiazole rings is 1. The average Bonchev–Trinajstić information content (AvgIpc) is 3.31. The third-order valence-corrected chi connectivity index (χ3v) is 5.26. The van der Waals surface area contributed by atoms with Crippen LogP contribution in [0.25, 0.3) is 10.2 Å². The van der Waals surface area contributed by atoms with Crippen LogP contribution in [0, 0.1) is 0 Å². The lowest BCUT2D eigenvalue weighted by molar-refractivity contribution is -0.113. The topological polar surface area (TPSA) is 123 Å². The number of H-pyrrole nitrogens is 1. The molecule has 2 aromatic heterocycles. The van der Waals surface area contributed by atoms with Gasteiger partial charge < -0.3 is 19.8 Å². The molecule has 11 heteroatoms. The van der Waals surface area contributed by atoms with E-state index in [1.807, 2.05) is 0 Å². The molecule has 2 heterocycles. The number of nitrogens with one attached hydrogen (secondary N) is 2. The Labute approximate surface area is 167 Å². The summed E-state index contributed by atoms with van der Waals surface area (Å²) in [6.45, 7) is 1.98. The van der Waals surface area contributed by atoms with Gasteiger partial charge >= 0.3 is 11.9 Å². The number of aromatic nitrogens is 3. The summed E-state index contributed by atoms with van der Waals surface area (Å²) < 4.78 is 10.3. The van der Waals surface area contributed by atoms with Crippen LogP contribution in [0.4, 0.5) is 5.13 Å². The SMILES string of the molecule is CCOC(=O)c1cnc(SCC(=O)Nc2nc3ccc(C(=O)OC)cc3s2)[nH]1. The van der Waals surface area contributed by atoms with E-state index in [0.717, 1.165) is 16.5 Å². The van der Waals surface area contributed by atoms with Gasteiger partial charge in [0.1, 0.15) is 5.69 Å². The number of benzene rings is 1.